The van der Waals surface area contributed by atoms with Crippen LogP contribution < -0.4 is 0 Å². The second-order valence-electron chi connectivity index (χ2n) is 6.03. The summed E-state index contributed by atoms with van der Waals surface area (Å²) in [4.78, 5) is 23.1. The van der Waals surface area contributed by atoms with Gasteiger partial charge in [0.1, 0.15) is 11.2 Å². The molecule has 26 heavy (non-hydrogen) atoms. The number of benzene rings is 2. The minimum Gasteiger partial charge on any atom is -0.439 e. The highest BCUT2D eigenvalue weighted by atomic mass is 32.1. The van der Waals surface area contributed by atoms with Gasteiger partial charge in [0.2, 0.25) is 5.89 Å². The molecule has 2 aromatic heterocycles. The predicted octanol–water partition coefficient (Wildman–Crippen LogP) is 4.15. The fraction of sp³-hybridized carbons (Fsp3) is 0.150. The third kappa shape index (κ3) is 3.50. The second-order valence-corrected chi connectivity index (χ2v) is 6.97. The molecule has 0 unspecified atom stereocenters. The van der Waals surface area contributed by atoms with Crippen LogP contribution in [0.25, 0.3) is 11.1 Å². The van der Waals surface area contributed by atoms with E-state index < -0.39 is 0 Å². The lowest BCUT2D eigenvalue weighted by Gasteiger charge is -2.13. The van der Waals surface area contributed by atoms with Crippen molar-refractivity contribution in [3.63, 3.8) is 0 Å². The molecule has 0 fully saturated rings. The van der Waals surface area contributed by atoms with Gasteiger partial charge in [0, 0.05) is 18.8 Å². The zero-order valence-electron chi connectivity index (χ0n) is 14.3. The minimum absolute atomic E-state index is 0.136. The Morgan fingerprint density at radius 3 is 2.65 bits per heavy atom. The smallest absolute Gasteiger partial charge is 0.273 e. The summed E-state index contributed by atoms with van der Waals surface area (Å²) in [6, 6.07) is 17.7. The predicted molar refractivity (Wildman–Crippen MR) is 101 cm³/mol. The molecule has 4 rings (SSSR count). The highest BCUT2D eigenvalue weighted by Crippen LogP contribution is 2.18. The van der Waals surface area contributed by atoms with Crippen LogP contribution in [0.4, 0.5) is 0 Å². The van der Waals surface area contributed by atoms with Crippen molar-refractivity contribution in [2.45, 2.75) is 13.0 Å². The number of nitrogens with zero attached hydrogens (tertiary/aromatic N) is 3. The number of amides is 1. The van der Waals surface area contributed by atoms with E-state index in [-0.39, 0.29) is 5.91 Å². The maximum absolute atomic E-state index is 12.6. The van der Waals surface area contributed by atoms with E-state index in [1.54, 1.807) is 11.9 Å². The van der Waals surface area contributed by atoms with E-state index in [1.807, 2.05) is 47.8 Å². The van der Waals surface area contributed by atoms with E-state index in [9.17, 15) is 4.79 Å². The molecule has 0 atom stereocenters. The number of para-hydroxylation sites is 2. The van der Waals surface area contributed by atoms with Crippen molar-refractivity contribution in [3.8, 4) is 0 Å². The van der Waals surface area contributed by atoms with Crippen LogP contribution in [0, 0.1) is 0 Å². The zero-order chi connectivity index (χ0) is 17.9. The molecule has 0 saturated heterocycles. The van der Waals surface area contributed by atoms with Crippen LogP contribution in [-0.4, -0.2) is 27.8 Å². The van der Waals surface area contributed by atoms with Crippen molar-refractivity contribution in [1.82, 2.24) is 14.9 Å². The zero-order valence-corrected chi connectivity index (χ0v) is 15.1. The first-order valence-electron chi connectivity index (χ1n) is 8.27. The Morgan fingerprint density at radius 2 is 1.85 bits per heavy atom. The third-order valence-corrected chi connectivity index (χ3v) is 4.88. The fourth-order valence-corrected chi connectivity index (χ4v) is 3.52. The van der Waals surface area contributed by atoms with Gasteiger partial charge in [0.15, 0.2) is 5.58 Å². The molecular formula is C20H17N3O2S. The van der Waals surface area contributed by atoms with Gasteiger partial charge in [-0.2, -0.15) is 0 Å². The number of carbonyl (C=O) groups is 1. The highest BCUT2D eigenvalue weighted by molar-refractivity contribution is 7.09. The molecule has 0 aliphatic carbocycles. The molecule has 0 spiro atoms. The molecule has 5 nitrogen and oxygen atoms in total. The van der Waals surface area contributed by atoms with E-state index >= 15 is 0 Å². The number of hydrogen-bond donors (Lipinski definition) is 0. The summed E-state index contributed by atoms with van der Waals surface area (Å²) in [7, 11) is 1.73. The largest absolute Gasteiger partial charge is 0.439 e. The van der Waals surface area contributed by atoms with Crippen LogP contribution in [0.15, 0.2) is 64.4 Å². The molecule has 0 saturated carbocycles. The van der Waals surface area contributed by atoms with Crippen molar-refractivity contribution in [2.75, 3.05) is 7.05 Å². The molecule has 0 N–H and O–H groups in total. The molecule has 0 aliphatic rings. The van der Waals surface area contributed by atoms with Crippen molar-refractivity contribution >= 4 is 28.3 Å². The summed E-state index contributed by atoms with van der Waals surface area (Å²) in [5, 5.41) is 2.73. The Kier molecular flexibility index (Phi) is 4.50. The number of aromatic nitrogens is 2. The molecule has 130 valence electrons. The Morgan fingerprint density at radius 1 is 1.08 bits per heavy atom. The number of carbonyl (C=O) groups excluding carboxylic acids is 1. The number of thiazole rings is 1. The highest BCUT2D eigenvalue weighted by Gasteiger charge is 2.18. The van der Waals surface area contributed by atoms with E-state index in [1.165, 1.54) is 16.9 Å². The van der Waals surface area contributed by atoms with Crippen LogP contribution >= 0.6 is 11.3 Å². The lowest BCUT2D eigenvalue weighted by Crippen LogP contribution is -2.26. The summed E-state index contributed by atoms with van der Waals surface area (Å²) in [5.41, 5.74) is 3.16. The minimum atomic E-state index is -0.136. The van der Waals surface area contributed by atoms with Gasteiger partial charge >= 0.3 is 0 Å². The number of hydrogen-bond acceptors (Lipinski definition) is 5. The van der Waals surface area contributed by atoms with E-state index in [0.29, 0.717) is 18.1 Å². The van der Waals surface area contributed by atoms with Gasteiger partial charge in [-0.1, -0.05) is 42.5 Å². The average Bonchev–Trinajstić information content (AvgIpc) is 3.28. The summed E-state index contributed by atoms with van der Waals surface area (Å²) >= 11 is 1.50. The molecule has 0 radical (unpaired) electrons. The maximum Gasteiger partial charge on any atom is 0.273 e. The van der Waals surface area contributed by atoms with Gasteiger partial charge in [-0.25, -0.2) is 9.97 Å². The van der Waals surface area contributed by atoms with Gasteiger partial charge in [-0.3, -0.25) is 4.79 Å². The molecule has 1 amide bonds. The number of oxazole rings is 1. The summed E-state index contributed by atoms with van der Waals surface area (Å²) in [6.07, 6.45) is 0.730. The van der Waals surface area contributed by atoms with Crippen LogP contribution in [0.5, 0.6) is 0 Å². The molecule has 0 aliphatic heterocycles. The molecular weight excluding hydrogens is 346 g/mol. The van der Waals surface area contributed by atoms with Crippen LogP contribution in [0.3, 0.4) is 0 Å². The van der Waals surface area contributed by atoms with Gasteiger partial charge < -0.3 is 9.32 Å². The Hall–Kier alpha value is -2.99. The summed E-state index contributed by atoms with van der Waals surface area (Å²) in [6.45, 7) is 0.305. The van der Waals surface area contributed by atoms with Crippen molar-refractivity contribution in [3.05, 3.63) is 82.1 Å². The van der Waals surface area contributed by atoms with E-state index in [4.69, 9.17) is 4.42 Å². The molecule has 2 heterocycles. The quantitative estimate of drug-likeness (QED) is 0.534. The van der Waals surface area contributed by atoms with Crippen molar-refractivity contribution in [2.24, 2.45) is 0 Å². The Labute approximate surface area is 154 Å². The molecule has 6 heteroatoms. The van der Waals surface area contributed by atoms with Gasteiger partial charge in [-0.15, -0.1) is 11.3 Å². The van der Waals surface area contributed by atoms with Gasteiger partial charge in [-0.05, 0) is 17.7 Å². The SMILES string of the molecule is CN(Cc1nc2ccccc2o1)C(=O)c1csc(Cc2ccccc2)n1. The number of fused-ring (bicyclic) bond motifs is 1. The topological polar surface area (TPSA) is 59.2 Å². The van der Waals surface area contributed by atoms with Crippen molar-refractivity contribution in [1.29, 1.82) is 0 Å². The van der Waals surface area contributed by atoms with Crippen LogP contribution in [0.1, 0.15) is 27.0 Å². The van der Waals surface area contributed by atoms with Gasteiger partial charge in [0.05, 0.1) is 11.6 Å². The maximum atomic E-state index is 12.6. The summed E-state index contributed by atoms with van der Waals surface area (Å²) in [5.74, 6) is 0.379. The summed E-state index contributed by atoms with van der Waals surface area (Å²) < 4.78 is 5.69. The van der Waals surface area contributed by atoms with E-state index in [0.717, 1.165) is 22.5 Å². The van der Waals surface area contributed by atoms with Gasteiger partial charge in [0.25, 0.3) is 5.91 Å². The van der Waals surface area contributed by atoms with E-state index in [2.05, 4.69) is 22.1 Å². The first-order valence-corrected chi connectivity index (χ1v) is 9.15. The number of rotatable bonds is 5. The Balaban J connectivity index is 1.45. The first-order chi connectivity index (χ1) is 12.7. The lowest BCUT2D eigenvalue weighted by molar-refractivity contribution is 0.0768. The van der Waals surface area contributed by atoms with Crippen molar-refractivity contribution < 1.29 is 9.21 Å². The molecule has 4 aromatic rings. The molecule has 0 bridgehead atoms. The third-order valence-electron chi connectivity index (χ3n) is 4.03. The fourth-order valence-electron chi connectivity index (χ4n) is 2.72. The Bertz CT molecular complexity index is 1010. The van der Waals surface area contributed by atoms with Crippen LogP contribution in [-0.2, 0) is 13.0 Å². The standard InChI is InChI=1S/C20H17N3O2S/c1-23(12-18-21-15-9-5-6-10-17(15)25-18)20(24)16-13-26-19(22-16)11-14-7-3-2-4-8-14/h2-10,13H,11-12H2,1H3. The average molecular weight is 363 g/mol. The first kappa shape index (κ1) is 16.5. The normalized spacial score (nSPS) is 11.0. The van der Waals surface area contributed by atoms with Crippen LogP contribution in [0.2, 0.25) is 0 Å². The lowest BCUT2D eigenvalue weighted by atomic mass is 10.2. The monoisotopic (exact) mass is 363 g/mol. The molecule has 2 aromatic carbocycles. The second kappa shape index (κ2) is 7.09.